The number of benzene rings is 1. The van der Waals surface area contributed by atoms with Crippen LogP contribution in [0.25, 0.3) is 6.08 Å². The number of nitrogens with zero attached hydrogens (tertiary/aromatic N) is 1. The molecule has 1 aromatic rings. The van der Waals surface area contributed by atoms with E-state index < -0.39 is 11.9 Å². The Labute approximate surface area is 146 Å². The van der Waals surface area contributed by atoms with Crippen LogP contribution in [-0.4, -0.2) is 49.5 Å². The van der Waals surface area contributed by atoms with Gasteiger partial charge in [0.15, 0.2) is 6.61 Å². The Kier molecular flexibility index (Phi) is 6.56. The fourth-order valence-electron chi connectivity index (χ4n) is 2.59. The average molecular weight is 346 g/mol. The highest BCUT2D eigenvalue weighted by Crippen LogP contribution is 2.16. The van der Waals surface area contributed by atoms with E-state index in [9.17, 15) is 14.4 Å². The number of methoxy groups -OCH3 is 1. The van der Waals surface area contributed by atoms with Gasteiger partial charge in [0, 0.05) is 19.2 Å². The molecule has 0 spiro atoms. The molecule has 1 atom stereocenters. The summed E-state index contributed by atoms with van der Waals surface area (Å²) >= 11 is 0. The lowest BCUT2D eigenvalue weighted by Gasteiger charge is -2.30. The van der Waals surface area contributed by atoms with E-state index in [1.807, 2.05) is 0 Å². The Morgan fingerprint density at radius 1 is 1.28 bits per heavy atom. The van der Waals surface area contributed by atoms with Crippen LogP contribution in [0.15, 0.2) is 30.3 Å². The van der Waals surface area contributed by atoms with Crippen molar-refractivity contribution in [3.05, 3.63) is 35.9 Å². The molecule has 0 aliphatic carbocycles. The summed E-state index contributed by atoms with van der Waals surface area (Å²) in [6.07, 6.45) is 4.25. The third-order valence-electron chi connectivity index (χ3n) is 4.04. The smallest absolute Gasteiger partial charge is 0.331 e. The first-order valence-corrected chi connectivity index (χ1v) is 8.05. The van der Waals surface area contributed by atoms with E-state index in [-0.39, 0.29) is 25.0 Å². The molecule has 1 aliphatic heterocycles. The Morgan fingerprint density at radius 2 is 2.00 bits per heavy atom. The molecule has 7 nitrogen and oxygen atoms in total. The van der Waals surface area contributed by atoms with E-state index in [0.717, 1.165) is 11.3 Å². The molecule has 1 saturated heterocycles. The monoisotopic (exact) mass is 346 g/mol. The number of primary amides is 1. The predicted molar refractivity (Wildman–Crippen MR) is 91.5 cm³/mol. The number of nitrogens with two attached hydrogens (primary N) is 1. The lowest BCUT2D eigenvalue weighted by Crippen LogP contribution is -2.45. The van der Waals surface area contributed by atoms with Gasteiger partial charge < -0.3 is 20.1 Å². The second-order valence-electron chi connectivity index (χ2n) is 5.80. The van der Waals surface area contributed by atoms with E-state index in [1.165, 1.54) is 11.0 Å². The topological polar surface area (TPSA) is 98.9 Å². The molecule has 1 fully saturated rings. The van der Waals surface area contributed by atoms with Crippen molar-refractivity contribution >= 4 is 23.9 Å². The number of esters is 1. The van der Waals surface area contributed by atoms with Crippen LogP contribution >= 0.6 is 0 Å². The maximum absolute atomic E-state index is 12.1. The van der Waals surface area contributed by atoms with Gasteiger partial charge in [0.05, 0.1) is 13.0 Å². The minimum Gasteiger partial charge on any atom is -0.497 e. The third-order valence-corrected chi connectivity index (χ3v) is 4.04. The predicted octanol–water partition coefficient (Wildman–Crippen LogP) is 0.976. The summed E-state index contributed by atoms with van der Waals surface area (Å²) in [6.45, 7) is 0.479. The molecule has 25 heavy (non-hydrogen) atoms. The highest BCUT2D eigenvalue weighted by Gasteiger charge is 2.27. The van der Waals surface area contributed by atoms with Crippen molar-refractivity contribution in [2.75, 3.05) is 26.8 Å². The molecule has 0 unspecified atom stereocenters. The molecule has 0 bridgehead atoms. The Morgan fingerprint density at radius 3 is 2.64 bits per heavy atom. The van der Waals surface area contributed by atoms with Gasteiger partial charge in [-0.3, -0.25) is 9.59 Å². The molecule has 1 heterocycles. The number of rotatable bonds is 6. The summed E-state index contributed by atoms with van der Waals surface area (Å²) in [4.78, 5) is 36.5. The van der Waals surface area contributed by atoms with Crippen LogP contribution < -0.4 is 10.5 Å². The highest BCUT2D eigenvalue weighted by molar-refractivity contribution is 5.89. The number of piperidine rings is 1. The van der Waals surface area contributed by atoms with Crippen molar-refractivity contribution in [1.29, 1.82) is 0 Å². The molecule has 7 heteroatoms. The number of carbonyl (C=O) groups excluding carboxylic acids is 3. The van der Waals surface area contributed by atoms with Crippen LogP contribution in [0.2, 0.25) is 0 Å². The maximum atomic E-state index is 12.1. The summed E-state index contributed by atoms with van der Waals surface area (Å²) in [5.74, 6) is -0.939. The Balaban J connectivity index is 1.79. The van der Waals surface area contributed by atoms with Crippen LogP contribution in [-0.2, 0) is 19.1 Å². The van der Waals surface area contributed by atoms with Crippen molar-refractivity contribution in [2.45, 2.75) is 12.8 Å². The highest BCUT2D eigenvalue weighted by atomic mass is 16.5. The first kappa shape index (κ1) is 18.5. The molecule has 0 aromatic heterocycles. The second kappa shape index (κ2) is 8.86. The van der Waals surface area contributed by atoms with Crippen molar-refractivity contribution in [3.63, 3.8) is 0 Å². The molecule has 2 N–H and O–H groups in total. The van der Waals surface area contributed by atoms with Crippen LogP contribution in [0.1, 0.15) is 18.4 Å². The lowest BCUT2D eigenvalue weighted by atomic mass is 9.97. The summed E-state index contributed by atoms with van der Waals surface area (Å²) in [7, 11) is 1.58. The minimum atomic E-state index is -0.604. The minimum absolute atomic E-state index is 0.285. The van der Waals surface area contributed by atoms with E-state index >= 15 is 0 Å². The van der Waals surface area contributed by atoms with Gasteiger partial charge >= 0.3 is 5.97 Å². The number of ether oxygens (including phenoxy) is 2. The standard InChI is InChI=1S/C18H22N2O5/c1-24-15-7-4-13(5-8-15)6-9-17(22)25-12-16(21)20-10-2-3-14(11-20)18(19)23/h4-9,14H,2-3,10-12H2,1H3,(H2,19,23)/b9-6+/t14-/m0/s1. The van der Waals surface area contributed by atoms with Gasteiger partial charge in [0.2, 0.25) is 5.91 Å². The normalized spacial score (nSPS) is 17.3. The quantitative estimate of drug-likeness (QED) is 0.611. The number of amides is 2. The van der Waals surface area contributed by atoms with Crippen LogP contribution in [0.3, 0.4) is 0 Å². The molecular weight excluding hydrogens is 324 g/mol. The number of hydrogen-bond acceptors (Lipinski definition) is 5. The Bertz CT molecular complexity index is 654. The van der Waals surface area contributed by atoms with Gasteiger partial charge in [-0.15, -0.1) is 0 Å². The fourth-order valence-corrected chi connectivity index (χ4v) is 2.59. The van der Waals surface area contributed by atoms with Gasteiger partial charge in [-0.2, -0.15) is 0 Å². The van der Waals surface area contributed by atoms with Gasteiger partial charge in [0.1, 0.15) is 5.75 Å². The largest absolute Gasteiger partial charge is 0.497 e. The van der Waals surface area contributed by atoms with Gasteiger partial charge in [-0.25, -0.2) is 4.79 Å². The molecule has 2 amide bonds. The van der Waals surface area contributed by atoms with Crippen molar-refractivity contribution < 1.29 is 23.9 Å². The van der Waals surface area contributed by atoms with Gasteiger partial charge in [0.25, 0.3) is 5.91 Å². The second-order valence-corrected chi connectivity index (χ2v) is 5.80. The van der Waals surface area contributed by atoms with Gasteiger partial charge in [-0.1, -0.05) is 12.1 Å². The third kappa shape index (κ3) is 5.63. The van der Waals surface area contributed by atoms with Crippen molar-refractivity contribution in [3.8, 4) is 5.75 Å². The summed E-state index contributed by atoms with van der Waals surface area (Å²) < 4.78 is 10.0. The van der Waals surface area contributed by atoms with E-state index in [0.29, 0.717) is 19.4 Å². The lowest BCUT2D eigenvalue weighted by molar-refractivity contribution is -0.149. The molecule has 1 aliphatic rings. The SMILES string of the molecule is COc1ccc(/C=C/C(=O)OCC(=O)N2CCC[C@H](C(N)=O)C2)cc1. The molecule has 0 radical (unpaired) electrons. The average Bonchev–Trinajstić information content (AvgIpc) is 2.64. The number of likely N-dealkylation sites (tertiary alicyclic amines) is 1. The summed E-state index contributed by atoms with van der Waals surface area (Å²) in [6, 6.07) is 7.15. The zero-order chi connectivity index (χ0) is 18.2. The first-order chi connectivity index (χ1) is 12.0. The molecule has 2 rings (SSSR count). The molecule has 134 valence electrons. The van der Waals surface area contributed by atoms with E-state index in [1.54, 1.807) is 37.5 Å². The van der Waals surface area contributed by atoms with Crippen LogP contribution in [0, 0.1) is 5.92 Å². The number of hydrogen-bond donors (Lipinski definition) is 1. The van der Waals surface area contributed by atoms with E-state index in [2.05, 4.69) is 0 Å². The molecule has 1 aromatic carbocycles. The van der Waals surface area contributed by atoms with Crippen molar-refractivity contribution in [2.24, 2.45) is 11.7 Å². The first-order valence-electron chi connectivity index (χ1n) is 8.05. The van der Waals surface area contributed by atoms with Crippen LogP contribution in [0.5, 0.6) is 5.75 Å². The summed E-state index contributed by atoms with van der Waals surface area (Å²) in [5, 5.41) is 0. The zero-order valence-corrected chi connectivity index (χ0v) is 14.1. The Hall–Kier alpha value is -2.83. The van der Waals surface area contributed by atoms with E-state index in [4.69, 9.17) is 15.2 Å². The number of carbonyl (C=O) groups is 3. The van der Waals surface area contributed by atoms with Gasteiger partial charge in [-0.05, 0) is 36.6 Å². The van der Waals surface area contributed by atoms with Crippen LogP contribution in [0.4, 0.5) is 0 Å². The maximum Gasteiger partial charge on any atom is 0.331 e. The fraction of sp³-hybridized carbons (Fsp3) is 0.389. The molecule has 0 saturated carbocycles. The van der Waals surface area contributed by atoms with Crippen molar-refractivity contribution in [1.82, 2.24) is 4.90 Å². The summed E-state index contributed by atoms with van der Waals surface area (Å²) in [5.41, 5.74) is 6.10. The zero-order valence-electron chi connectivity index (χ0n) is 14.1. The molecular formula is C18H22N2O5.